The Bertz CT molecular complexity index is 564. The van der Waals surface area contributed by atoms with Gasteiger partial charge in [0.2, 0.25) is 0 Å². The van der Waals surface area contributed by atoms with Crippen molar-refractivity contribution < 1.29 is 13.2 Å². The molecule has 0 heterocycles. The van der Waals surface area contributed by atoms with E-state index in [0.29, 0.717) is 5.69 Å². The molecule has 0 spiro atoms. The van der Waals surface area contributed by atoms with E-state index >= 15 is 0 Å². The molecule has 0 amide bonds. The summed E-state index contributed by atoms with van der Waals surface area (Å²) in [5.41, 5.74) is 0.518. The minimum Gasteiger partial charge on any atom is -0.256 e. The highest BCUT2D eigenvalue weighted by atomic mass is 19.1. The average molecular weight is 235 g/mol. The second-order valence-corrected chi connectivity index (χ2v) is 3.40. The highest BCUT2D eigenvalue weighted by molar-refractivity contribution is 5.82. The van der Waals surface area contributed by atoms with Gasteiger partial charge in [-0.3, -0.25) is 4.99 Å². The van der Waals surface area contributed by atoms with Crippen LogP contribution >= 0.6 is 0 Å². The van der Waals surface area contributed by atoms with Gasteiger partial charge in [0.05, 0.1) is 5.69 Å². The average Bonchev–Trinajstić information content (AvgIpc) is 2.28. The Morgan fingerprint density at radius 2 is 1.65 bits per heavy atom. The fourth-order valence-electron chi connectivity index (χ4n) is 1.31. The van der Waals surface area contributed by atoms with Crippen LogP contribution in [0.25, 0.3) is 0 Å². The highest BCUT2D eigenvalue weighted by Crippen LogP contribution is 2.14. The standard InChI is InChI=1S/C13H8F3N/c14-10-2-1-3-12(6-10)17-8-9-4-5-11(15)7-13(9)16/h1-8H. The van der Waals surface area contributed by atoms with Gasteiger partial charge in [-0.15, -0.1) is 0 Å². The van der Waals surface area contributed by atoms with E-state index in [0.717, 1.165) is 12.1 Å². The molecule has 2 aromatic carbocycles. The molecule has 17 heavy (non-hydrogen) atoms. The lowest BCUT2D eigenvalue weighted by molar-refractivity contribution is 0.582. The van der Waals surface area contributed by atoms with Crippen LogP contribution in [0.1, 0.15) is 5.56 Å². The largest absolute Gasteiger partial charge is 0.256 e. The summed E-state index contributed by atoms with van der Waals surface area (Å²) < 4.78 is 38.7. The van der Waals surface area contributed by atoms with Crippen molar-refractivity contribution in [3.8, 4) is 0 Å². The van der Waals surface area contributed by atoms with E-state index < -0.39 is 17.5 Å². The van der Waals surface area contributed by atoms with Crippen LogP contribution in [0.3, 0.4) is 0 Å². The number of hydrogen-bond donors (Lipinski definition) is 0. The zero-order valence-electron chi connectivity index (χ0n) is 8.70. The molecular weight excluding hydrogens is 227 g/mol. The molecular formula is C13H8F3N. The molecule has 0 radical (unpaired) electrons. The minimum absolute atomic E-state index is 0.149. The van der Waals surface area contributed by atoms with Crippen molar-refractivity contribution in [1.29, 1.82) is 0 Å². The predicted octanol–water partition coefficient (Wildman–Crippen LogP) is 3.85. The Labute approximate surface area is 96.2 Å². The first-order valence-corrected chi connectivity index (χ1v) is 4.90. The van der Waals surface area contributed by atoms with E-state index in [4.69, 9.17) is 0 Å². The van der Waals surface area contributed by atoms with Gasteiger partial charge in [0.1, 0.15) is 17.5 Å². The van der Waals surface area contributed by atoms with Gasteiger partial charge < -0.3 is 0 Å². The molecule has 0 atom stereocenters. The van der Waals surface area contributed by atoms with E-state index in [1.807, 2.05) is 0 Å². The van der Waals surface area contributed by atoms with Crippen molar-refractivity contribution >= 4 is 11.9 Å². The summed E-state index contributed by atoms with van der Waals surface area (Å²) in [6.45, 7) is 0. The van der Waals surface area contributed by atoms with Crippen LogP contribution in [0.4, 0.5) is 18.9 Å². The summed E-state index contributed by atoms with van der Waals surface area (Å²) in [6.07, 6.45) is 1.23. The molecule has 0 unspecified atom stereocenters. The third-order valence-corrected chi connectivity index (χ3v) is 2.12. The fraction of sp³-hybridized carbons (Fsp3) is 0. The molecule has 0 aliphatic heterocycles. The van der Waals surface area contributed by atoms with Crippen LogP contribution in [0, 0.1) is 17.5 Å². The van der Waals surface area contributed by atoms with Crippen molar-refractivity contribution in [3.63, 3.8) is 0 Å². The van der Waals surface area contributed by atoms with Crippen LogP contribution in [0.2, 0.25) is 0 Å². The van der Waals surface area contributed by atoms with Crippen LogP contribution in [0.15, 0.2) is 47.5 Å². The van der Waals surface area contributed by atoms with E-state index in [1.165, 1.54) is 30.5 Å². The van der Waals surface area contributed by atoms with Crippen LogP contribution < -0.4 is 0 Å². The van der Waals surface area contributed by atoms with Crippen molar-refractivity contribution in [2.45, 2.75) is 0 Å². The number of hydrogen-bond acceptors (Lipinski definition) is 1. The molecule has 86 valence electrons. The first-order chi connectivity index (χ1) is 8.15. The molecule has 1 nitrogen and oxygen atoms in total. The Morgan fingerprint density at radius 3 is 2.35 bits per heavy atom. The monoisotopic (exact) mass is 235 g/mol. The molecule has 2 rings (SSSR count). The van der Waals surface area contributed by atoms with Gasteiger partial charge in [0.25, 0.3) is 0 Å². The Hall–Kier alpha value is -2.10. The number of nitrogens with zero attached hydrogens (tertiary/aromatic N) is 1. The van der Waals surface area contributed by atoms with Crippen LogP contribution in [-0.4, -0.2) is 6.21 Å². The summed E-state index contributed by atoms with van der Waals surface area (Å²) in [5, 5.41) is 0. The summed E-state index contributed by atoms with van der Waals surface area (Å²) >= 11 is 0. The van der Waals surface area contributed by atoms with Gasteiger partial charge in [0, 0.05) is 17.8 Å². The van der Waals surface area contributed by atoms with Crippen molar-refractivity contribution in [2.75, 3.05) is 0 Å². The SMILES string of the molecule is Fc1cccc(N=Cc2ccc(F)cc2F)c1. The smallest absolute Gasteiger partial charge is 0.134 e. The number of halogens is 3. The third-order valence-electron chi connectivity index (χ3n) is 2.12. The highest BCUT2D eigenvalue weighted by Gasteiger charge is 2.00. The lowest BCUT2D eigenvalue weighted by Crippen LogP contribution is -1.89. The minimum atomic E-state index is -0.704. The maximum absolute atomic E-state index is 13.2. The summed E-state index contributed by atoms with van der Waals surface area (Å²) in [4.78, 5) is 3.90. The molecule has 4 heteroatoms. The summed E-state index contributed by atoms with van der Waals surface area (Å²) in [5.74, 6) is -1.77. The van der Waals surface area contributed by atoms with Crippen molar-refractivity contribution in [3.05, 3.63) is 65.5 Å². The molecule has 0 fully saturated rings. The van der Waals surface area contributed by atoms with E-state index in [-0.39, 0.29) is 5.56 Å². The quantitative estimate of drug-likeness (QED) is 0.701. The topological polar surface area (TPSA) is 12.4 Å². The number of benzene rings is 2. The third kappa shape index (κ3) is 2.93. The Morgan fingerprint density at radius 1 is 0.882 bits per heavy atom. The van der Waals surface area contributed by atoms with E-state index in [9.17, 15) is 13.2 Å². The van der Waals surface area contributed by atoms with Gasteiger partial charge in [0.15, 0.2) is 0 Å². The van der Waals surface area contributed by atoms with Crippen LogP contribution in [-0.2, 0) is 0 Å². The molecule has 0 N–H and O–H groups in total. The molecule has 0 aliphatic carbocycles. The lowest BCUT2D eigenvalue weighted by atomic mass is 10.2. The van der Waals surface area contributed by atoms with Crippen molar-refractivity contribution in [1.82, 2.24) is 0 Å². The number of aliphatic imine (C=N–C) groups is 1. The summed E-state index contributed by atoms with van der Waals surface area (Å²) in [6, 6.07) is 8.77. The second kappa shape index (κ2) is 4.82. The fourth-order valence-corrected chi connectivity index (χ4v) is 1.31. The van der Waals surface area contributed by atoms with E-state index in [2.05, 4.69) is 4.99 Å². The predicted molar refractivity (Wildman–Crippen MR) is 60.0 cm³/mol. The molecule has 0 bridgehead atoms. The zero-order chi connectivity index (χ0) is 12.3. The molecule has 0 aromatic heterocycles. The normalized spacial score (nSPS) is 11.0. The molecule has 0 saturated heterocycles. The first-order valence-electron chi connectivity index (χ1n) is 4.90. The van der Waals surface area contributed by atoms with Gasteiger partial charge in [-0.25, -0.2) is 13.2 Å². The molecule has 2 aromatic rings. The van der Waals surface area contributed by atoms with Gasteiger partial charge in [-0.05, 0) is 30.3 Å². The Balaban J connectivity index is 2.26. The van der Waals surface area contributed by atoms with E-state index in [1.54, 1.807) is 6.07 Å². The maximum Gasteiger partial charge on any atom is 0.134 e. The van der Waals surface area contributed by atoms with Gasteiger partial charge in [-0.2, -0.15) is 0 Å². The zero-order valence-corrected chi connectivity index (χ0v) is 8.70. The second-order valence-electron chi connectivity index (χ2n) is 3.40. The number of rotatable bonds is 2. The summed E-state index contributed by atoms with van der Waals surface area (Å²) in [7, 11) is 0. The first kappa shape index (κ1) is 11.4. The van der Waals surface area contributed by atoms with Crippen LogP contribution in [0.5, 0.6) is 0 Å². The van der Waals surface area contributed by atoms with Gasteiger partial charge >= 0.3 is 0 Å². The van der Waals surface area contributed by atoms with Gasteiger partial charge in [-0.1, -0.05) is 6.07 Å². The molecule has 0 aliphatic rings. The Kier molecular flexibility index (Phi) is 3.23. The molecule has 0 saturated carbocycles. The van der Waals surface area contributed by atoms with Crippen molar-refractivity contribution in [2.24, 2.45) is 4.99 Å². The lowest BCUT2D eigenvalue weighted by Gasteiger charge is -1.97. The maximum atomic E-state index is 13.2.